The van der Waals surface area contributed by atoms with Crippen molar-refractivity contribution in [1.29, 1.82) is 0 Å². The number of rotatable bonds is 8. The summed E-state index contributed by atoms with van der Waals surface area (Å²) in [6.07, 6.45) is -0.0207. The second kappa shape index (κ2) is 7.62. The van der Waals surface area contributed by atoms with Gasteiger partial charge in [-0.2, -0.15) is 0 Å². The molecule has 0 fully saturated rings. The fourth-order valence-corrected chi connectivity index (χ4v) is 2.11. The van der Waals surface area contributed by atoms with Gasteiger partial charge in [0.05, 0.1) is 25.1 Å². The first kappa shape index (κ1) is 16.3. The van der Waals surface area contributed by atoms with Gasteiger partial charge in [-0.15, -0.1) is 0 Å². The van der Waals surface area contributed by atoms with Crippen molar-refractivity contribution in [2.45, 2.75) is 39.8 Å². The highest BCUT2D eigenvalue weighted by molar-refractivity contribution is 7.89. The van der Waals surface area contributed by atoms with Gasteiger partial charge in [-0.3, -0.25) is 4.79 Å². The first-order chi connectivity index (χ1) is 7.78. The van der Waals surface area contributed by atoms with E-state index < -0.39 is 22.0 Å². The number of esters is 1. The smallest absolute Gasteiger partial charge is 0.323 e. The summed E-state index contributed by atoms with van der Waals surface area (Å²) in [6, 6.07) is -0.876. The minimum Gasteiger partial charge on any atom is -0.465 e. The SMILES string of the molecule is CCOC(=O)C(C)NS(=O)(=O)CCOC(C)C. The highest BCUT2D eigenvalue weighted by Crippen LogP contribution is 1.95. The molecule has 0 radical (unpaired) electrons. The predicted octanol–water partition coefficient (Wildman–Crippen LogP) is 0.282. The van der Waals surface area contributed by atoms with Crippen LogP contribution in [0.25, 0.3) is 0 Å². The van der Waals surface area contributed by atoms with E-state index in [4.69, 9.17) is 9.47 Å². The van der Waals surface area contributed by atoms with Gasteiger partial charge in [-0.25, -0.2) is 13.1 Å². The van der Waals surface area contributed by atoms with Crippen LogP contribution in [0.2, 0.25) is 0 Å². The molecule has 0 heterocycles. The second-order valence-corrected chi connectivity index (χ2v) is 5.70. The highest BCUT2D eigenvalue weighted by atomic mass is 32.2. The van der Waals surface area contributed by atoms with E-state index in [1.54, 1.807) is 6.92 Å². The zero-order chi connectivity index (χ0) is 13.5. The van der Waals surface area contributed by atoms with Crippen molar-refractivity contribution in [3.8, 4) is 0 Å². The minimum atomic E-state index is -3.52. The maximum atomic E-state index is 11.5. The molecule has 1 atom stereocenters. The Kier molecular flexibility index (Phi) is 7.33. The lowest BCUT2D eigenvalue weighted by atomic mass is 10.4. The molecular formula is C10H21NO5S. The number of carbonyl (C=O) groups excluding carboxylic acids is 1. The maximum Gasteiger partial charge on any atom is 0.323 e. The second-order valence-electron chi connectivity index (χ2n) is 3.83. The maximum absolute atomic E-state index is 11.5. The molecule has 1 unspecified atom stereocenters. The molecule has 0 saturated heterocycles. The summed E-state index contributed by atoms with van der Waals surface area (Å²) in [5.74, 6) is -0.754. The van der Waals surface area contributed by atoms with Gasteiger partial charge in [0.15, 0.2) is 0 Å². The van der Waals surface area contributed by atoms with Crippen molar-refractivity contribution < 1.29 is 22.7 Å². The fraction of sp³-hybridized carbons (Fsp3) is 0.900. The summed E-state index contributed by atoms with van der Waals surface area (Å²) in [7, 11) is -3.52. The summed E-state index contributed by atoms with van der Waals surface area (Å²) in [5.41, 5.74) is 0. The third-order valence-electron chi connectivity index (χ3n) is 1.80. The lowest BCUT2D eigenvalue weighted by Crippen LogP contribution is -2.41. The quantitative estimate of drug-likeness (QED) is 0.639. The van der Waals surface area contributed by atoms with E-state index in [9.17, 15) is 13.2 Å². The van der Waals surface area contributed by atoms with Crippen LogP contribution in [-0.4, -0.2) is 45.5 Å². The Bertz CT molecular complexity index is 326. The van der Waals surface area contributed by atoms with Crippen molar-refractivity contribution in [3.05, 3.63) is 0 Å². The molecule has 1 N–H and O–H groups in total. The van der Waals surface area contributed by atoms with Gasteiger partial charge in [0.2, 0.25) is 10.0 Å². The Labute approximate surface area is 103 Å². The largest absolute Gasteiger partial charge is 0.465 e. The molecule has 6 nitrogen and oxygen atoms in total. The first-order valence-electron chi connectivity index (χ1n) is 5.56. The molecule has 0 amide bonds. The van der Waals surface area contributed by atoms with Crippen molar-refractivity contribution in [1.82, 2.24) is 4.72 Å². The summed E-state index contributed by atoms with van der Waals surface area (Å²) in [4.78, 5) is 11.2. The van der Waals surface area contributed by atoms with E-state index >= 15 is 0 Å². The minimum absolute atomic E-state index is 0.0207. The van der Waals surface area contributed by atoms with Gasteiger partial charge in [0, 0.05) is 0 Å². The van der Waals surface area contributed by atoms with E-state index in [0.717, 1.165) is 0 Å². The van der Waals surface area contributed by atoms with Crippen LogP contribution in [-0.2, 0) is 24.3 Å². The Hall–Kier alpha value is -0.660. The van der Waals surface area contributed by atoms with Gasteiger partial charge in [0.1, 0.15) is 6.04 Å². The fourth-order valence-electron chi connectivity index (χ4n) is 1.04. The zero-order valence-electron chi connectivity index (χ0n) is 10.7. The zero-order valence-corrected chi connectivity index (χ0v) is 11.5. The lowest BCUT2D eigenvalue weighted by Gasteiger charge is -2.13. The number of ether oxygens (including phenoxy) is 2. The number of hydrogen-bond donors (Lipinski definition) is 1. The molecule has 0 bridgehead atoms. The molecule has 0 aromatic heterocycles. The number of nitrogens with one attached hydrogen (secondary N) is 1. The molecule has 17 heavy (non-hydrogen) atoms. The molecule has 0 aromatic rings. The van der Waals surface area contributed by atoms with E-state index in [2.05, 4.69) is 4.72 Å². The van der Waals surface area contributed by atoms with Gasteiger partial charge in [-0.1, -0.05) is 0 Å². The molecule has 0 spiro atoms. The normalized spacial score (nSPS) is 13.7. The van der Waals surface area contributed by atoms with Crippen molar-refractivity contribution >= 4 is 16.0 Å². The molecule has 0 aliphatic rings. The van der Waals surface area contributed by atoms with Crippen molar-refractivity contribution in [2.24, 2.45) is 0 Å². The van der Waals surface area contributed by atoms with Crippen LogP contribution in [0.3, 0.4) is 0 Å². The van der Waals surface area contributed by atoms with Gasteiger partial charge in [0.25, 0.3) is 0 Å². The molecule has 0 aliphatic carbocycles. The third-order valence-corrected chi connectivity index (χ3v) is 3.22. The number of hydrogen-bond acceptors (Lipinski definition) is 5. The molecule has 0 rings (SSSR count). The Morgan fingerprint density at radius 1 is 1.29 bits per heavy atom. The predicted molar refractivity (Wildman–Crippen MR) is 64.1 cm³/mol. The topological polar surface area (TPSA) is 81.7 Å². The van der Waals surface area contributed by atoms with Gasteiger partial charge < -0.3 is 9.47 Å². The summed E-state index contributed by atoms with van der Waals surface area (Å²) < 4.78 is 35.1. The Morgan fingerprint density at radius 3 is 2.35 bits per heavy atom. The van der Waals surface area contributed by atoms with Crippen LogP contribution in [0.1, 0.15) is 27.7 Å². The van der Waals surface area contributed by atoms with E-state index in [0.29, 0.717) is 0 Å². The van der Waals surface area contributed by atoms with E-state index in [1.807, 2.05) is 13.8 Å². The highest BCUT2D eigenvalue weighted by Gasteiger charge is 2.20. The average Bonchev–Trinajstić information content (AvgIpc) is 2.16. The molecule has 102 valence electrons. The average molecular weight is 267 g/mol. The standard InChI is InChI=1S/C10H21NO5S/c1-5-15-10(12)9(4)11-17(13,14)7-6-16-8(2)3/h8-9,11H,5-7H2,1-4H3. The summed E-state index contributed by atoms with van der Waals surface area (Å²) >= 11 is 0. The van der Waals surface area contributed by atoms with Crippen molar-refractivity contribution in [2.75, 3.05) is 19.0 Å². The summed E-state index contributed by atoms with van der Waals surface area (Å²) in [6.45, 7) is 7.07. The van der Waals surface area contributed by atoms with Crippen LogP contribution in [0.5, 0.6) is 0 Å². The van der Waals surface area contributed by atoms with E-state index in [1.165, 1.54) is 6.92 Å². The monoisotopic (exact) mass is 267 g/mol. The van der Waals surface area contributed by atoms with E-state index in [-0.39, 0.29) is 25.1 Å². The summed E-state index contributed by atoms with van der Waals surface area (Å²) in [5, 5.41) is 0. The molecule has 0 aliphatic heterocycles. The van der Waals surface area contributed by atoms with Crippen LogP contribution < -0.4 is 4.72 Å². The Balaban J connectivity index is 4.12. The number of sulfonamides is 1. The van der Waals surface area contributed by atoms with Crippen LogP contribution in [0.4, 0.5) is 0 Å². The molecule has 0 aromatic carbocycles. The Morgan fingerprint density at radius 2 is 1.88 bits per heavy atom. The first-order valence-corrected chi connectivity index (χ1v) is 7.22. The molecular weight excluding hydrogens is 246 g/mol. The van der Waals surface area contributed by atoms with Crippen molar-refractivity contribution in [3.63, 3.8) is 0 Å². The number of carbonyl (C=O) groups is 1. The van der Waals surface area contributed by atoms with Gasteiger partial charge >= 0.3 is 5.97 Å². The molecule has 0 saturated carbocycles. The van der Waals surface area contributed by atoms with Crippen LogP contribution in [0, 0.1) is 0 Å². The lowest BCUT2D eigenvalue weighted by molar-refractivity contribution is -0.144. The third kappa shape index (κ3) is 8.12. The van der Waals surface area contributed by atoms with Crippen LogP contribution >= 0.6 is 0 Å². The molecule has 7 heteroatoms. The van der Waals surface area contributed by atoms with Crippen LogP contribution in [0.15, 0.2) is 0 Å². The van der Waals surface area contributed by atoms with Gasteiger partial charge in [-0.05, 0) is 27.7 Å².